The highest BCUT2D eigenvalue weighted by molar-refractivity contribution is 6.16. The lowest BCUT2D eigenvalue weighted by atomic mass is 9.82. The molecule has 2 heterocycles. The summed E-state index contributed by atoms with van der Waals surface area (Å²) in [6, 6.07) is 10.2. The number of H-pyrrole nitrogens is 1. The molecule has 32 heavy (non-hydrogen) atoms. The highest BCUT2D eigenvalue weighted by Gasteiger charge is 2.49. The number of aromatic amines is 1. The van der Waals surface area contributed by atoms with Gasteiger partial charge in [0.25, 0.3) is 0 Å². The fourth-order valence-corrected chi connectivity index (χ4v) is 3.99. The number of anilines is 1. The number of carbonyl (C=O) groups is 2. The first-order valence-corrected chi connectivity index (χ1v) is 10.0. The van der Waals surface area contributed by atoms with Gasteiger partial charge in [-0.15, -0.1) is 0 Å². The van der Waals surface area contributed by atoms with E-state index in [2.05, 4.69) is 22.0 Å². The maximum atomic E-state index is 15.0. The second-order valence-electron chi connectivity index (χ2n) is 7.52. The Labute approximate surface area is 183 Å². The van der Waals surface area contributed by atoms with Crippen molar-refractivity contribution < 1.29 is 18.4 Å². The van der Waals surface area contributed by atoms with E-state index in [4.69, 9.17) is 0 Å². The van der Waals surface area contributed by atoms with Crippen molar-refractivity contribution in [2.75, 3.05) is 11.9 Å². The van der Waals surface area contributed by atoms with Crippen LogP contribution >= 0.6 is 0 Å². The van der Waals surface area contributed by atoms with Crippen LogP contribution in [0.3, 0.4) is 0 Å². The molecular formula is C24H20F2N4O2. The van der Waals surface area contributed by atoms with Crippen molar-refractivity contribution in [1.82, 2.24) is 15.1 Å². The third-order valence-electron chi connectivity index (χ3n) is 5.80. The average Bonchev–Trinajstić information content (AvgIpc) is 3.33. The molecular weight excluding hydrogens is 414 g/mol. The van der Waals surface area contributed by atoms with Crippen molar-refractivity contribution in [3.63, 3.8) is 0 Å². The maximum Gasteiger partial charge on any atom is 0.332 e. The van der Waals surface area contributed by atoms with E-state index in [0.717, 1.165) is 12.1 Å². The monoisotopic (exact) mass is 434 g/mol. The summed E-state index contributed by atoms with van der Waals surface area (Å²) in [5, 5.41) is 6.59. The maximum absolute atomic E-state index is 15.0. The normalized spacial score (nSPS) is 18.5. The number of aromatic nitrogens is 2. The molecule has 0 bridgehead atoms. The standard InChI is InChI=1S/C24H20F2N4O2/c1-3-24(18-14-27-28-15-18)13-21(31)30(23(32)29(24)2)22-19(25)11-17(12-20(22)26)10-9-16-7-5-4-6-8-16/h4-8,11-12,14-15H,3,13H2,1-2H3,(H,27,28)/t24-/m0/s1. The summed E-state index contributed by atoms with van der Waals surface area (Å²) in [5.41, 5.74) is -0.216. The number of urea groups is 1. The zero-order valence-electron chi connectivity index (χ0n) is 17.5. The Bertz CT molecular complexity index is 1210. The number of imide groups is 1. The van der Waals surface area contributed by atoms with Crippen LogP contribution < -0.4 is 4.90 Å². The van der Waals surface area contributed by atoms with Crippen molar-refractivity contribution in [1.29, 1.82) is 0 Å². The SMILES string of the molecule is CC[C@@]1(c2cn[nH]c2)CC(=O)N(c2c(F)cc(C#Cc3ccccc3)cc2F)C(=O)N1C. The first kappa shape index (κ1) is 21.2. The van der Waals surface area contributed by atoms with E-state index in [-0.39, 0.29) is 12.0 Å². The van der Waals surface area contributed by atoms with Crippen molar-refractivity contribution in [3.8, 4) is 11.8 Å². The molecule has 3 aromatic rings. The zero-order chi connectivity index (χ0) is 22.9. The quantitative estimate of drug-likeness (QED) is 0.629. The van der Waals surface area contributed by atoms with Gasteiger partial charge in [0.2, 0.25) is 5.91 Å². The molecule has 0 radical (unpaired) electrons. The van der Waals surface area contributed by atoms with Crippen LogP contribution in [0.4, 0.5) is 19.3 Å². The predicted octanol–water partition coefficient (Wildman–Crippen LogP) is 4.18. The number of nitrogens with zero attached hydrogens (tertiary/aromatic N) is 3. The van der Waals surface area contributed by atoms with E-state index >= 15 is 0 Å². The molecule has 1 aliphatic rings. The van der Waals surface area contributed by atoms with Crippen molar-refractivity contribution in [3.05, 3.63) is 83.2 Å². The van der Waals surface area contributed by atoms with Crippen LogP contribution in [0.15, 0.2) is 54.9 Å². The van der Waals surface area contributed by atoms with Crippen LogP contribution in [0.5, 0.6) is 0 Å². The van der Waals surface area contributed by atoms with Crippen LogP contribution in [0, 0.1) is 23.5 Å². The fourth-order valence-electron chi connectivity index (χ4n) is 3.99. The first-order chi connectivity index (χ1) is 15.4. The molecule has 0 spiro atoms. The second-order valence-corrected chi connectivity index (χ2v) is 7.52. The predicted molar refractivity (Wildman–Crippen MR) is 115 cm³/mol. The molecule has 1 aromatic heterocycles. The minimum atomic E-state index is -1.04. The highest BCUT2D eigenvalue weighted by atomic mass is 19.1. The lowest BCUT2D eigenvalue weighted by Gasteiger charge is -2.46. The number of amides is 3. The molecule has 162 valence electrons. The van der Waals surface area contributed by atoms with E-state index < -0.39 is 34.8 Å². The van der Waals surface area contributed by atoms with Gasteiger partial charge in [-0.25, -0.2) is 18.5 Å². The van der Waals surface area contributed by atoms with Gasteiger partial charge in [-0.05, 0) is 30.7 Å². The first-order valence-electron chi connectivity index (χ1n) is 10.0. The molecule has 3 amide bonds. The molecule has 1 atom stereocenters. The van der Waals surface area contributed by atoms with Crippen LogP contribution in [-0.2, 0) is 10.3 Å². The van der Waals surface area contributed by atoms with Gasteiger partial charge in [0.05, 0.1) is 18.2 Å². The Morgan fingerprint density at radius 1 is 1.09 bits per heavy atom. The lowest BCUT2D eigenvalue weighted by Crippen LogP contribution is -2.61. The van der Waals surface area contributed by atoms with Crippen LogP contribution in [0.2, 0.25) is 0 Å². The van der Waals surface area contributed by atoms with E-state index in [9.17, 15) is 18.4 Å². The number of rotatable bonds is 3. The summed E-state index contributed by atoms with van der Waals surface area (Å²) in [6.45, 7) is 1.83. The molecule has 1 N–H and O–H groups in total. The Morgan fingerprint density at radius 2 is 1.75 bits per heavy atom. The molecule has 2 aromatic carbocycles. The minimum absolute atomic E-state index is 0.0965. The molecule has 0 unspecified atom stereocenters. The van der Waals surface area contributed by atoms with Crippen LogP contribution in [-0.4, -0.2) is 34.1 Å². The largest absolute Gasteiger partial charge is 0.332 e. The van der Waals surface area contributed by atoms with Crippen molar-refractivity contribution >= 4 is 17.6 Å². The Balaban J connectivity index is 1.69. The summed E-state index contributed by atoms with van der Waals surface area (Å²) < 4.78 is 29.9. The highest BCUT2D eigenvalue weighted by Crippen LogP contribution is 2.41. The number of nitrogens with one attached hydrogen (secondary N) is 1. The number of carbonyl (C=O) groups excluding carboxylic acids is 2. The lowest BCUT2D eigenvalue weighted by molar-refractivity contribution is -0.122. The molecule has 8 heteroatoms. The summed E-state index contributed by atoms with van der Waals surface area (Å²) in [6.07, 6.45) is 3.43. The van der Waals surface area contributed by atoms with Gasteiger partial charge in [0.15, 0.2) is 11.6 Å². The summed E-state index contributed by atoms with van der Waals surface area (Å²) in [7, 11) is 1.51. The van der Waals surface area contributed by atoms with E-state index in [0.29, 0.717) is 22.4 Å². The third kappa shape index (κ3) is 3.52. The van der Waals surface area contributed by atoms with Crippen LogP contribution in [0.25, 0.3) is 0 Å². The topological polar surface area (TPSA) is 69.3 Å². The van der Waals surface area contributed by atoms with E-state index in [1.54, 1.807) is 30.5 Å². The minimum Gasteiger partial charge on any atom is -0.317 e. The zero-order valence-corrected chi connectivity index (χ0v) is 17.5. The molecule has 0 saturated carbocycles. The number of hydrogen-bond acceptors (Lipinski definition) is 3. The summed E-state index contributed by atoms with van der Waals surface area (Å²) in [4.78, 5) is 28.0. The second kappa shape index (κ2) is 8.27. The summed E-state index contributed by atoms with van der Waals surface area (Å²) in [5.74, 6) is 2.76. The molecule has 6 nitrogen and oxygen atoms in total. The number of halogens is 2. The average molecular weight is 434 g/mol. The third-order valence-corrected chi connectivity index (χ3v) is 5.80. The molecule has 1 saturated heterocycles. The van der Waals surface area contributed by atoms with Gasteiger partial charge in [0.1, 0.15) is 5.69 Å². The fraction of sp³-hybridized carbons (Fsp3) is 0.208. The Hall–Kier alpha value is -3.99. The molecule has 4 rings (SSSR count). The van der Waals surface area contributed by atoms with Gasteiger partial charge in [-0.3, -0.25) is 9.89 Å². The van der Waals surface area contributed by atoms with Crippen LogP contribution in [0.1, 0.15) is 36.5 Å². The van der Waals surface area contributed by atoms with E-state index in [1.165, 1.54) is 18.1 Å². The van der Waals surface area contributed by atoms with E-state index in [1.807, 2.05) is 13.0 Å². The van der Waals surface area contributed by atoms with Gasteiger partial charge in [0, 0.05) is 29.9 Å². The van der Waals surface area contributed by atoms with Crippen molar-refractivity contribution in [2.45, 2.75) is 25.3 Å². The van der Waals surface area contributed by atoms with Gasteiger partial charge < -0.3 is 4.90 Å². The smallest absolute Gasteiger partial charge is 0.317 e. The van der Waals surface area contributed by atoms with Gasteiger partial charge in [-0.1, -0.05) is 37.0 Å². The van der Waals surface area contributed by atoms with Crippen molar-refractivity contribution in [2.24, 2.45) is 0 Å². The molecule has 1 aliphatic heterocycles. The number of benzene rings is 2. The molecule has 1 fully saturated rings. The Kier molecular flexibility index (Phi) is 5.49. The van der Waals surface area contributed by atoms with Gasteiger partial charge in [-0.2, -0.15) is 5.10 Å². The number of hydrogen-bond donors (Lipinski definition) is 1. The Morgan fingerprint density at radius 3 is 2.34 bits per heavy atom. The summed E-state index contributed by atoms with van der Waals surface area (Å²) >= 11 is 0. The van der Waals surface area contributed by atoms with Gasteiger partial charge >= 0.3 is 6.03 Å². The molecule has 0 aliphatic carbocycles.